The minimum Gasteiger partial charge on any atom is -0.486 e. The first-order valence-electron chi connectivity index (χ1n) is 7.81. The molecule has 130 valence electrons. The predicted octanol–water partition coefficient (Wildman–Crippen LogP) is 2.76. The summed E-state index contributed by atoms with van der Waals surface area (Å²) in [5.74, 6) is 0.428. The largest absolute Gasteiger partial charge is 0.486 e. The highest BCUT2D eigenvalue weighted by Crippen LogP contribution is 2.32. The normalized spacial score (nSPS) is 12.4. The third-order valence-electron chi connectivity index (χ3n) is 3.58. The van der Waals surface area contributed by atoms with E-state index in [1.54, 1.807) is 24.3 Å². The molecule has 7 heteroatoms. The van der Waals surface area contributed by atoms with Crippen LogP contribution in [0, 0.1) is 0 Å². The number of halogens is 1. The Kier molecular flexibility index (Phi) is 5.40. The van der Waals surface area contributed by atoms with Crippen molar-refractivity contribution in [3.63, 3.8) is 0 Å². The maximum atomic E-state index is 12.0. The quantitative estimate of drug-likeness (QED) is 0.804. The van der Waals surface area contributed by atoms with Gasteiger partial charge in [-0.3, -0.25) is 9.59 Å². The highest BCUT2D eigenvalue weighted by Gasteiger charge is 2.14. The van der Waals surface area contributed by atoms with Crippen molar-refractivity contribution in [2.75, 3.05) is 18.5 Å². The molecule has 0 atom stereocenters. The summed E-state index contributed by atoms with van der Waals surface area (Å²) < 4.78 is 10.9. The summed E-state index contributed by atoms with van der Waals surface area (Å²) in [4.78, 5) is 23.9. The van der Waals surface area contributed by atoms with Crippen LogP contribution in [0.15, 0.2) is 42.5 Å². The van der Waals surface area contributed by atoms with Gasteiger partial charge in [0.2, 0.25) is 11.8 Å². The molecule has 0 saturated heterocycles. The first kappa shape index (κ1) is 17.1. The number of carbonyl (C=O) groups excluding carboxylic acids is 2. The van der Waals surface area contributed by atoms with Gasteiger partial charge in [-0.2, -0.15) is 0 Å². The van der Waals surface area contributed by atoms with Crippen molar-refractivity contribution in [1.82, 2.24) is 5.32 Å². The van der Waals surface area contributed by atoms with Crippen molar-refractivity contribution in [1.29, 1.82) is 0 Å². The second kappa shape index (κ2) is 7.90. The Bertz CT molecular complexity index is 794. The summed E-state index contributed by atoms with van der Waals surface area (Å²) in [6.07, 6.45) is -0.279. The van der Waals surface area contributed by atoms with Crippen molar-refractivity contribution in [2.24, 2.45) is 0 Å². The summed E-state index contributed by atoms with van der Waals surface area (Å²) in [6, 6.07) is 12.3. The van der Waals surface area contributed by atoms with Crippen LogP contribution in [-0.2, 0) is 16.1 Å². The van der Waals surface area contributed by atoms with Crippen molar-refractivity contribution in [3.05, 3.63) is 53.1 Å². The number of benzene rings is 2. The molecule has 2 amide bonds. The molecule has 1 heterocycles. The Labute approximate surface area is 150 Å². The molecule has 6 nitrogen and oxygen atoms in total. The number of rotatable bonds is 5. The van der Waals surface area contributed by atoms with Crippen molar-refractivity contribution >= 4 is 29.1 Å². The zero-order chi connectivity index (χ0) is 17.6. The molecule has 2 aromatic carbocycles. The highest BCUT2D eigenvalue weighted by atomic mass is 35.5. The van der Waals surface area contributed by atoms with Crippen LogP contribution in [0.2, 0.25) is 5.02 Å². The Morgan fingerprint density at radius 3 is 2.56 bits per heavy atom. The van der Waals surface area contributed by atoms with Crippen molar-refractivity contribution in [3.8, 4) is 11.5 Å². The van der Waals surface area contributed by atoms with Crippen LogP contribution in [0.4, 0.5) is 5.69 Å². The summed E-state index contributed by atoms with van der Waals surface area (Å²) >= 11 is 6.03. The number of nitrogens with one attached hydrogen (secondary N) is 2. The van der Waals surface area contributed by atoms with E-state index >= 15 is 0 Å². The molecule has 0 saturated carbocycles. The third-order valence-corrected chi connectivity index (χ3v) is 3.95. The molecule has 0 fully saturated rings. The molecular weight excluding hydrogens is 344 g/mol. The van der Waals surface area contributed by atoms with Crippen LogP contribution >= 0.6 is 11.6 Å². The lowest BCUT2D eigenvalue weighted by Gasteiger charge is -2.19. The van der Waals surface area contributed by atoms with Gasteiger partial charge in [0.05, 0.1) is 0 Å². The maximum Gasteiger partial charge on any atom is 0.233 e. The van der Waals surface area contributed by atoms with Gasteiger partial charge < -0.3 is 20.1 Å². The maximum absolute atomic E-state index is 12.0. The molecule has 2 N–H and O–H groups in total. The van der Waals surface area contributed by atoms with Gasteiger partial charge in [-0.15, -0.1) is 0 Å². The second-order valence-corrected chi connectivity index (χ2v) is 5.86. The fourth-order valence-electron chi connectivity index (χ4n) is 2.37. The first-order valence-corrected chi connectivity index (χ1v) is 8.19. The van der Waals surface area contributed by atoms with E-state index in [0.717, 1.165) is 5.56 Å². The van der Waals surface area contributed by atoms with Gasteiger partial charge in [-0.1, -0.05) is 29.8 Å². The Balaban J connectivity index is 1.50. The zero-order valence-corrected chi connectivity index (χ0v) is 14.1. The van der Waals surface area contributed by atoms with Crippen LogP contribution < -0.4 is 20.1 Å². The minimum absolute atomic E-state index is 0.274. The van der Waals surface area contributed by atoms with Gasteiger partial charge in [0.15, 0.2) is 11.5 Å². The number of fused-ring (bicyclic) bond motifs is 1. The van der Waals surface area contributed by atoms with E-state index in [1.807, 2.05) is 18.2 Å². The fraction of sp³-hybridized carbons (Fsp3) is 0.222. The van der Waals surface area contributed by atoms with Crippen LogP contribution in [0.5, 0.6) is 11.5 Å². The average Bonchev–Trinajstić information content (AvgIpc) is 2.61. The third kappa shape index (κ3) is 4.64. The van der Waals surface area contributed by atoms with Gasteiger partial charge in [-0.25, -0.2) is 0 Å². The lowest BCUT2D eigenvalue weighted by Crippen LogP contribution is -2.27. The molecular formula is C18H17ClN2O4. The Hall–Kier alpha value is -2.73. The zero-order valence-electron chi connectivity index (χ0n) is 13.4. The van der Waals surface area contributed by atoms with Crippen LogP contribution in [0.1, 0.15) is 12.0 Å². The van der Waals surface area contributed by atoms with Crippen LogP contribution in [0.25, 0.3) is 0 Å². The van der Waals surface area contributed by atoms with Crippen molar-refractivity contribution < 1.29 is 19.1 Å². The van der Waals surface area contributed by atoms with E-state index in [4.69, 9.17) is 21.1 Å². The van der Waals surface area contributed by atoms with E-state index < -0.39 is 5.91 Å². The van der Waals surface area contributed by atoms with Gasteiger partial charge in [-0.05, 0) is 23.8 Å². The number of hydrogen-bond acceptors (Lipinski definition) is 4. The number of carbonyl (C=O) groups is 2. The van der Waals surface area contributed by atoms with Gasteiger partial charge >= 0.3 is 0 Å². The molecule has 0 unspecified atom stereocenters. The molecule has 0 radical (unpaired) electrons. The first-order chi connectivity index (χ1) is 12.1. The Morgan fingerprint density at radius 1 is 1.00 bits per heavy atom. The van der Waals surface area contributed by atoms with E-state index in [-0.39, 0.29) is 18.9 Å². The number of anilines is 1. The van der Waals surface area contributed by atoms with Crippen molar-refractivity contribution in [2.45, 2.75) is 13.0 Å². The highest BCUT2D eigenvalue weighted by molar-refractivity contribution is 6.31. The van der Waals surface area contributed by atoms with Gasteiger partial charge in [0, 0.05) is 23.3 Å². The number of ether oxygens (including phenoxy) is 2. The molecule has 0 aromatic heterocycles. The summed E-state index contributed by atoms with van der Waals surface area (Å²) in [7, 11) is 0. The smallest absolute Gasteiger partial charge is 0.233 e. The summed E-state index contributed by atoms with van der Waals surface area (Å²) in [6.45, 7) is 1.25. The minimum atomic E-state index is -0.409. The standard InChI is InChI=1S/C18H17ClN2O4/c19-14-4-2-1-3-12(14)11-20-17(22)10-18(23)21-13-5-6-15-16(9-13)25-8-7-24-15/h1-6,9H,7-8,10-11H2,(H,20,22)(H,21,23). The van der Waals surface area contributed by atoms with E-state index in [9.17, 15) is 9.59 Å². The Morgan fingerprint density at radius 2 is 1.76 bits per heavy atom. The van der Waals surface area contributed by atoms with E-state index in [2.05, 4.69) is 10.6 Å². The topological polar surface area (TPSA) is 76.7 Å². The molecule has 2 aromatic rings. The SMILES string of the molecule is O=C(CC(=O)Nc1ccc2c(c1)OCCO2)NCc1ccccc1Cl. The molecule has 1 aliphatic rings. The summed E-state index contributed by atoms with van der Waals surface area (Å²) in [5.41, 5.74) is 1.35. The molecule has 1 aliphatic heterocycles. The molecule has 0 bridgehead atoms. The predicted molar refractivity (Wildman–Crippen MR) is 94.0 cm³/mol. The molecule has 25 heavy (non-hydrogen) atoms. The van der Waals surface area contributed by atoms with E-state index in [1.165, 1.54) is 0 Å². The van der Waals surface area contributed by atoms with Crippen LogP contribution in [-0.4, -0.2) is 25.0 Å². The van der Waals surface area contributed by atoms with E-state index in [0.29, 0.717) is 35.4 Å². The molecule has 0 aliphatic carbocycles. The average molecular weight is 361 g/mol. The molecule has 3 rings (SSSR count). The number of hydrogen-bond donors (Lipinski definition) is 2. The van der Waals surface area contributed by atoms with Gasteiger partial charge in [0.1, 0.15) is 19.6 Å². The second-order valence-electron chi connectivity index (χ2n) is 5.45. The lowest BCUT2D eigenvalue weighted by molar-refractivity contribution is -0.126. The van der Waals surface area contributed by atoms with Crippen LogP contribution in [0.3, 0.4) is 0 Å². The van der Waals surface area contributed by atoms with Gasteiger partial charge in [0.25, 0.3) is 0 Å². The summed E-state index contributed by atoms with van der Waals surface area (Å²) in [5, 5.41) is 5.92. The monoisotopic (exact) mass is 360 g/mol. The lowest BCUT2D eigenvalue weighted by atomic mass is 10.2. The molecule has 0 spiro atoms. The fourth-order valence-corrected chi connectivity index (χ4v) is 2.57. The number of amides is 2.